The summed E-state index contributed by atoms with van der Waals surface area (Å²) in [6, 6.07) is 9.95. The van der Waals surface area contributed by atoms with Gasteiger partial charge in [0.15, 0.2) is 12.4 Å². The fraction of sp³-hybridized carbons (Fsp3) is 0.200. The Hall–Kier alpha value is -2.22. The second kappa shape index (κ2) is 6.49. The van der Waals surface area contributed by atoms with Gasteiger partial charge in [-0.2, -0.15) is 13.2 Å². The molecule has 0 spiro atoms. The average Bonchev–Trinajstić information content (AvgIpc) is 3.07. The molecule has 0 N–H and O–H groups in total. The topological polar surface area (TPSA) is 38.2 Å². The van der Waals surface area contributed by atoms with Crippen molar-refractivity contribution >= 4 is 17.6 Å². The molecule has 0 atom stereocenters. The highest BCUT2D eigenvalue weighted by molar-refractivity contribution is 8.02. The van der Waals surface area contributed by atoms with Crippen molar-refractivity contribution in [1.82, 2.24) is 10.2 Å². The summed E-state index contributed by atoms with van der Waals surface area (Å²) in [4.78, 5) is 1.97. The van der Waals surface area contributed by atoms with Gasteiger partial charge in [0, 0.05) is 11.8 Å². The highest BCUT2D eigenvalue weighted by Gasteiger charge is 2.28. The minimum Gasteiger partial charge on any atom is -0.484 e. The second-order valence-electron chi connectivity index (χ2n) is 4.76. The number of alkyl halides is 3. The van der Waals surface area contributed by atoms with E-state index in [4.69, 9.17) is 0 Å². The quantitative estimate of drug-likeness (QED) is 0.840. The standard InChI is InChI=1S/C15H12F3N3OS/c16-15(17,18)9-22-12-3-1-11(2-4-12)13-5-6-14(20-19-13)21-7-8-23-10-21/h1-8H,9-10H2. The van der Waals surface area contributed by atoms with Gasteiger partial charge in [0.1, 0.15) is 5.75 Å². The van der Waals surface area contributed by atoms with E-state index in [1.807, 2.05) is 28.6 Å². The zero-order valence-corrected chi connectivity index (χ0v) is 12.6. The maximum absolute atomic E-state index is 12.1. The third kappa shape index (κ3) is 4.16. The van der Waals surface area contributed by atoms with Crippen LogP contribution >= 0.6 is 11.8 Å². The number of ether oxygens (including phenoxy) is 1. The van der Waals surface area contributed by atoms with E-state index in [1.165, 1.54) is 12.1 Å². The van der Waals surface area contributed by atoms with E-state index in [9.17, 15) is 13.2 Å². The normalized spacial score (nSPS) is 14.3. The monoisotopic (exact) mass is 339 g/mol. The molecule has 0 saturated heterocycles. The molecule has 0 amide bonds. The molecule has 4 nitrogen and oxygen atoms in total. The van der Waals surface area contributed by atoms with Crippen LogP contribution in [-0.4, -0.2) is 28.9 Å². The molecule has 8 heteroatoms. The van der Waals surface area contributed by atoms with Crippen LogP contribution in [0.15, 0.2) is 48.0 Å². The van der Waals surface area contributed by atoms with Gasteiger partial charge in [-0.3, -0.25) is 0 Å². The van der Waals surface area contributed by atoms with Crippen molar-refractivity contribution in [3.05, 3.63) is 48.0 Å². The van der Waals surface area contributed by atoms with Crippen molar-refractivity contribution in [2.45, 2.75) is 6.18 Å². The molecule has 3 rings (SSSR count). The van der Waals surface area contributed by atoms with Gasteiger partial charge in [0.25, 0.3) is 0 Å². The summed E-state index contributed by atoms with van der Waals surface area (Å²) in [7, 11) is 0. The summed E-state index contributed by atoms with van der Waals surface area (Å²) in [5.41, 5.74) is 1.40. The Bertz CT molecular complexity index is 687. The predicted octanol–water partition coefficient (Wildman–Crippen LogP) is 4.07. The highest BCUT2D eigenvalue weighted by atomic mass is 32.2. The second-order valence-corrected chi connectivity index (χ2v) is 5.62. The molecule has 0 aliphatic carbocycles. The lowest BCUT2D eigenvalue weighted by atomic mass is 10.1. The van der Waals surface area contributed by atoms with Crippen molar-refractivity contribution in [3.8, 4) is 17.0 Å². The number of benzene rings is 1. The highest BCUT2D eigenvalue weighted by Crippen LogP contribution is 2.25. The van der Waals surface area contributed by atoms with Crippen LogP contribution in [0.2, 0.25) is 0 Å². The maximum Gasteiger partial charge on any atom is 0.422 e. The number of hydrogen-bond donors (Lipinski definition) is 0. The molecule has 2 aromatic rings. The van der Waals surface area contributed by atoms with Gasteiger partial charge in [0.2, 0.25) is 0 Å². The van der Waals surface area contributed by atoms with Crippen LogP contribution in [0.25, 0.3) is 11.3 Å². The molecule has 1 aromatic carbocycles. The number of hydrogen-bond acceptors (Lipinski definition) is 5. The first-order chi connectivity index (χ1) is 11.0. The molecule has 0 unspecified atom stereocenters. The van der Waals surface area contributed by atoms with E-state index in [2.05, 4.69) is 14.9 Å². The van der Waals surface area contributed by atoms with Crippen molar-refractivity contribution < 1.29 is 17.9 Å². The van der Waals surface area contributed by atoms with Gasteiger partial charge in [-0.05, 0) is 41.8 Å². The van der Waals surface area contributed by atoms with Gasteiger partial charge < -0.3 is 9.64 Å². The summed E-state index contributed by atoms with van der Waals surface area (Å²) >= 11 is 1.67. The lowest BCUT2D eigenvalue weighted by molar-refractivity contribution is -0.153. The van der Waals surface area contributed by atoms with Crippen LogP contribution in [0, 0.1) is 0 Å². The van der Waals surface area contributed by atoms with E-state index in [-0.39, 0.29) is 5.75 Å². The van der Waals surface area contributed by atoms with Crippen molar-refractivity contribution in [2.24, 2.45) is 0 Å². The van der Waals surface area contributed by atoms with Crippen LogP contribution in [0.4, 0.5) is 19.0 Å². The SMILES string of the molecule is FC(F)(F)COc1ccc(-c2ccc(N3C=CSC3)nn2)cc1. The Labute approximate surface area is 135 Å². The van der Waals surface area contributed by atoms with Crippen LogP contribution in [-0.2, 0) is 0 Å². The molecule has 0 fully saturated rings. The number of halogens is 3. The molecule has 1 aliphatic rings. The van der Waals surface area contributed by atoms with Crippen LogP contribution in [0.1, 0.15) is 0 Å². The Kier molecular flexibility index (Phi) is 4.42. The minimum atomic E-state index is -4.34. The van der Waals surface area contributed by atoms with E-state index in [0.29, 0.717) is 5.69 Å². The number of rotatable bonds is 4. The van der Waals surface area contributed by atoms with Gasteiger partial charge in [-0.25, -0.2) is 0 Å². The maximum atomic E-state index is 12.1. The molecule has 1 aliphatic heterocycles. The molecule has 120 valence electrons. The molecular weight excluding hydrogens is 327 g/mol. The first-order valence-corrected chi connectivity index (χ1v) is 7.75. The third-order valence-electron chi connectivity index (χ3n) is 3.05. The Morgan fingerprint density at radius 2 is 1.87 bits per heavy atom. The molecule has 0 saturated carbocycles. The minimum absolute atomic E-state index is 0.162. The molecular formula is C15H12F3N3OS. The molecule has 0 radical (unpaired) electrons. The number of thioether (sulfide) groups is 1. The van der Waals surface area contributed by atoms with Gasteiger partial charge in [-0.1, -0.05) is 0 Å². The number of anilines is 1. The van der Waals surface area contributed by atoms with Gasteiger partial charge in [0.05, 0.1) is 11.6 Å². The van der Waals surface area contributed by atoms with E-state index in [1.54, 1.807) is 23.9 Å². The zero-order chi connectivity index (χ0) is 16.3. The Morgan fingerprint density at radius 1 is 1.09 bits per heavy atom. The largest absolute Gasteiger partial charge is 0.484 e. The first kappa shape index (κ1) is 15.7. The summed E-state index contributed by atoms with van der Waals surface area (Å²) in [5.74, 6) is 1.72. The van der Waals surface area contributed by atoms with Crippen molar-refractivity contribution in [3.63, 3.8) is 0 Å². The predicted molar refractivity (Wildman–Crippen MR) is 83.1 cm³/mol. The number of nitrogens with zero attached hydrogens (tertiary/aromatic N) is 3. The molecule has 2 heterocycles. The third-order valence-corrected chi connectivity index (χ3v) is 3.79. The molecule has 0 bridgehead atoms. The fourth-order valence-corrected chi connectivity index (χ4v) is 2.64. The van der Waals surface area contributed by atoms with Crippen molar-refractivity contribution in [1.29, 1.82) is 0 Å². The fourth-order valence-electron chi connectivity index (χ4n) is 1.94. The lowest BCUT2D eigenvalue weighted by Crippen LogP contribution is -2.19. The Balaban J connectivity index is 1.68. The van der Waals surface area contributed by atoms with E-state index in [0.717, 1.165) is 17.3 Å². The summed E-state index contributed by atoms with van der Waals surface area (Å²) < 4.78 is 41.0. The van der Waals surface area contributed by atoms with Crippen molar-refractivity contribution in [2.75, 3.05) is 17.4 Å². The number of aromatic nitrogens is 2. The molecule has 23 heavy (non-hydrogen) atoms. The summed E-state index contributed by atoms with van der Waals surface area (Å²) in [6.07, 6.45) is -2.41. The van der Waals surface area contributed by atoms with Gasteiger partial charge in [-0.15, -0.1) is 22.0 Å². The summed E-state index contributed by atoms with van der Waals surface area (Å²) in [6.45, 7) is -1.30. The Morgan fingerprint density at radius 3 is 2.43 bits per heavy atom. The molecule has 1 aromatic heterocycles. The van der Waals surface area contributed by atoms with Crippen LogP contribution in [0.5, 0.6) is 5.75 Å². The van der Waals surface area contributed by atoms with E-state index >= 15 is 0 Å². The zero-order valence-electron chi connectivity index (χ0n) is 11.8. The van der Waals surface area contributed by atoms with Crippen LogP contribution < -0.4 is 9.64 Å². The van der Waals surface area contributed by atoms with Crippen LogP contribution in [0.3, 0.4) is 0 Å². The summed E-state index contributed by atoms with van der Waals surface area (Å²) in [5, 5.41) is 10.3. The lowest BCUT2D eigenvalue weighted by Gasteiger charge is -2.12. The first-order valence-electron chi connectivity index (χ1n) is 6.70. The van der Waals surface area contributed by atoms with Gasteiger partial charge >= 0.3 is 6.18 Å². The average molecular weight is 339 g/mol. The van der Waals surface area contributed by atoms with E-state index < -0.39 is 12.8 Å². The smallest absolute Gasteiger partial charge is 0.422 e.